The van der Waals surface area contributed by atoms with Gasteiger partial charge in [0.15, 0.2) is 5.96 Å². The molecule has 1 aromatic rings. The molecule has 0 aliphatic carbocycles. The summed E-state index contributed by atoms with van der Waals surface area (Å²) in [5, 5.41) is 6.49. The Morgan fingerprint density at radius 2 is 1.85 bits per heavy atom. The van der Waals surface area contributed by atoms with Crippen LogP contribution in [0.25, 0.3) is 0 Å². The Morgan fingerprint density at radius 1 is 1.11 bits per heavy atom. The summed E-state index contributed by atoms with van der Waals surface area (Å²) >= 11 is 0. The highest BCUT2D eigenvalue weighted by Crippen LogP contribution is 2.13. The molecule has 0 bridgehead atoms. The Balaban J connectivity index is 0.00000676. The molecule has 7 heteroatoms. The van der Waals surface area contributed by atoms with Crippen LogP contribution >= 0.6 is 24.0 Å². The molecule has 0 amide bonds. The number of aryl methyl sites for hydroxylation is 1. The lowest BCUT2D eigenvalue weighted by molar-refractivity contribution is 0.0487. The van der Waals surface area contributed by atoms with Crippen molar-refractivity contribution in [1.29, 1.82) is 0 Å². The van der Waals surface area contributed by atoms with Crippen LogP contribution in [-0.4, -0.2) is 58.6 Å². The number of ether oxygens (including phenoxy) is 3. The van der Waals surface area contributed by atoms with E-state index < -0.39 is 0 Å². The van der Waals surface area contributed by atoms with Gasteiger partial charge in [0.2, 0.25) is 0 Å². The number of nitrogens with one attached hydrogen (secondary N) is 2. The first-order valence-corrected chi connectivity index (χ1v) is 9.49. The Morgan fingerprint density at radius 3 is 2.52 bits per heavy atom. The van der Waals surface area contributed by atoms with E-state index in [-0.39, 0.29) is 30.1 Å². The van der Waals surface area contributed by atoms with E-state index in [0.29, 0.717) is 32.9 Å². The molecule has 2 N–H and O–H groups in total. The van der Waals surface area contributed by atoms with Crippen molar-refractivity contribution in [3.8, 4) is 5.75 Å². The molecule has 6 nitrogen and oxygen atoms in total. The fraction of sp³-hybridized carbons (Fsp3) is 0.650. The van der Waals surface area contributed by atoms with Gasteiger partial charge in [-0.2, -0.15) is 0 Å². The molecule has 0 saturated carbocycles. The lowest BCUT2D eigenvalue weighted by Gasteiger charge is -2.18. The maximum absolute atomic E-state index is 5.90. The van der Waals surface area contributed by atoms with Gasteiger partial charge >= 0.3 is 0 Å². The summed E-state index contributed by atoms with van der Waals surface area (Å²) in [5.74, 6) is 1.63. The largest absolute Gasteiger partial charge is 0.489 e. The van der Waals surface area contributed by atoms with Crippen LogP contribution < -0.4 is 15.4 Å². The van der Waals surface area contributed by atoms with Crippen LogP contribution in [0.4, 0.5) is 0 Å². The second kappa shape index (κ2) is 17.1. The number of halogens is 1. The van der Waals surface area contributed by atoms with Gasteiger partial charge in [-0.3, -0.25) is 4.99 Å². The predicted octanol–water partition coefficient (Wildman–Crippen LogP) is 3.38. The van der Waals surface area contributed by atoms with Crippen LogP contribution in [0.5, 0.6) is 5.75 Å². The normalized spacial score (nSPS) is 12.2. The van der Waals surface area contributed by atoms with Crippen molar-refractivity contribution < 1.29 is 14.2 Å². The second-order valence-electron chi connectivity index (χ2n) is 6.20. The molecule has 0 spiro atoms. The monoisotopic (exact) mass is 493 g/mol. The predicted molar refractivity (Wildman–Crippen MR) is 123 cm³/mol. The smallest absolute Gasteiger partial charge is 0.191 e. The van der Waals surface area contributed by atoms with Crippen molar-refractivity contribution in [3.05, 3.63) is 29.8 Å². The van der Waals surface area contributed by atoms with Gasteiger partial charge in [0.1, 0.15) is 11.9 Å². The van der Waals surface area contributed by atoms with E-state index >= 15 is 0 Å². The third-order valence-electron chi connectivity index (χ3n) is 3.66. The van der Waals surface area contributed by atoms with E-state index in [2.05, 4.69) is 35.5 Å². The molecule has 0 heterocycles. The highest BCUT2D eigenvalue weighted by atomic mass is 127. The average Bonchev–Trinajstić information content (AvgIpc) is 2.62. The number of guanidine groups is 1. The Kier molecular flexibility index (Phi) is 16.4. The maximum Gasteiger partial charge on any atom is 0.191 e. The summed E-state index contributed by atoms with van der Waals surface area (Å²) in [6, 6.07) is 8.06. The molecular weight excluding hydrogens is 457 g/mol. The summed E-state index contributed by atoms with van der Waals surface area (Å²) in [4.78, 5) is 4.21. The van der Waals surface area contributed by atoms with Crippen molar-refractivity contribution in [3.63, 3.8) is 0 Å². The van der Waals surface area contributed by atoms with Gasteiger partial charge in [-0.1, -0.05) is 25.5 Å². The Labute approximate surface area is 181 Å². The average molecular weight is 493 g/mol. The number of hydrogen-bond donors (Lipinski definition) is 2. The number of hydrogen-bond acceptors (Lipinski definition) is 4. The lowest BCUT2D eigenvalue weighted by Crippen LogP contribution is -2.42. The Bertz CT molecular complexity index is 515. The van der Waals surface area contributed by atoms with E-state index in [4.69, 9.17) is 14.2 Å². The van der Waals surface area contributed by atoms with Gasteiger partial charge < -0.3 is 24.8 Å². The first kappa shape index (κ1) is 25.9. The SMILES string of the molecule is CCCCOCCOCCNC(=NC)NCC(C)Oc1cccc(C)c1.I. The van der Waals surface area contributed by atoms with E-state index in [9.17, 15) is 0 Å². The second-order valence-corrected chi connectivity index (χ2v) is 6.20. The van der Waals surface area contributed by atoms with E-state index in [0.717, 1.165) is 31.2 Å². The minimum absolute atomic E-state index is 0. The van der Waals surface area contributed by atoms with Gasteiger partial charge in [-0.05, 0) is 38.0 Å². The highest BCUT2D eigenvalue weighted by Gasteiger charge is 2.05. The van der Waals surface area contributed by atoms with Crippen LogP contribution in [0.1, 0.15) is 32.3 Å². The van der Waals surface area contributed by atoms with Gasteiger partial charge in [-0.15, -0.1) is 24.0 Å². The summed E-state index contributed by atoms with van der Waals surface area (Å²) in [5.41, 5.74) is 1.19. The molecule has 0 radical (unpaired) electrons. The van der Waals surface area contributed by atoms with Crippen molar-refractivity contribution in [2.75, 3.05) is 46.6 Å². The van der Waals surface area contributed by atoms with Crippen LogP contribution in [0.15, 0.2) is 29.3 Å². The zero-order valence-corrected chi connectivity index (χ0v) is 19.5. The van der Waals surface area contributed by atoms with Gasteiger partial charge in [0, 0.05) is 20.2 Å². The number of nitrogens with zero attached hydrogens (tertiary/aromatic N) is 1. The van der Waals surface area contributed by atoms with Gasteiger partial charge in [-0.25, -0.2) is 0 Å². The van der Waals surface area contributed by atoms with E-state index in [1.165, 1.54) is 5.56 Å². The molecule has 1 rings (SSSR count). The minimum atomic E-state index is 0. The lowest BCUT2D eigenvalue weighted by atomic mass is 10.2. The van der Waals surface area contributed by atoms with Crippen molar-refractivity contribution in [2.45, 2.75) is 39.7 Å². The molecular formula is C20H36IN3O3. The zero-order chi connectivity index (χ0) is 19.0. The molecule has 0 aliphatic heterocycles. The molecule has 1 unspecified atom stereocenters. The number of benzene rings is 1. The van der Waals surface area contributed by atoms with Gasteiger partial charge in [0.05, 0.1) is 26.4 Å². The summed E-state index contributed by atoms with van der Waals surface area (Å²) < 4.78 is 16.9. The molecule has 1 atom stereocenters. The van der Waals surface area contributed by atoms with Crippen molar-refractivity contribution in [2.24, 2.45) is 4.99 Å². The Hall–Kier alpha value is -1.06. The number of aliphatic imine (C=N–C) groups is 1. The van der Waals surface area contributed by atoms with Crippen LogP contribution in [0.2, 0.25) is 0 Å². The topological polar surface area (TPSA) is 64.1 Å². The number of unbranched alkanes of at least 4 members (excludes halogenated alkanes) is 1. The molecule has 0 aromatic heterocycles. The first-order valence-electron chi connectivity index (χ1n) is 9.49. The van der Waals surface area contributed by atoms with Crippen molar-refractivity contribution in [1.82, 2.24) is 10.6 Å². The molecule has 0 aliphatic rings. The summed E-state index contributed by atoms with van der Waals surface area (Å²) in [7, 11) is 1.75. The fourth-order valence-corrected chi connectivity index (χ4v) is 2.23. The van der Waals surface area contributed by atoms with Crippen LogP contribution in [0.3, 0.4) is 0 Å². The fourth-order valence-electron chi connectivity index (χ4n) is 2.23. The van der Waals surface area contributed by atoms with Gasteiger partial charge in [0.25, 0.3) is 0 Å². The maximum atomic E-state index is 5.90. The van der Waals surface area contributed by atoms with E-state index in [1.54, 1.807) is 7.05 Å². The quantitative estimate of drug-likeness (QED) is 0.191. The minimum Gasteiger partial charge on any atom is -0.489 e. The zero-order valence-electron chi connectivity index (χ0n) is 17.1. The summed E-state index contributed by atoms with van der Waals surface area (Å²) in [6.45, 7) is 10.3. The van der Waals surface area contributed by atoms with E-state index in [1.807, 2.05) is 25.1 Å². The highest BCUT2D eigenvalue weighted by molar-refractivity contribution is 14.0. The molecule has 0 fully saturated rings. The standard InChI is InChI=1S/C20H35N3O3.HI/c1-5-6-11-24-13-14-25-12-10-22-20(21-4)23-16-18(3)26-19-9-7-8-17(2)15-19;/h7-9,15,18H,5-6,10-14,16H2,1-4H3,(H2,21,22,23);1H. The molecule has 0 saturated heterocycles. The van der Waals surface area contributed by atoms with Crippen LogP contribution in [-0.2, 0) is 9.47 Å². The molecule has 156 valence electrons. The van der Waals surface area contributed by atoms with Crippen molar-refractivity contribution >= 4 is 29.9 Å². The molecule has 27 heavy (non-hydrogen) atoms. The summed E-state index contributed by atoms with van der Waals surface area (Å²) in [6.07, 6.45) is 2.30. The first-order chi connectivity index (χ1) is 12.7. The number of rotatable bonds is 13. The van der Waals surface area contributed by atoms with Crippen LogP contribution in [0, 0.1) is 6.92 Å². The molecule has 1 aromatic carbocycles. The third kappa shape index (κ3) is 13.7. The third-order valence-corrected chi connectivity index (χ3v) is 3.66.